The fourth-order valence-corrected chi connectivity index (χ4v) is 5.08. The molecular formula is C29H24ClFN2O2. The van der Waals surface area contributed by atoms with Gasteiger partial charge in [0.25, 0.3) is 0 Å². The van der Waals surface area contributed by atoms with Crippen LogP contribution in [0.25, 0.3) is 5.76 Å². The number of nitrogens with one attached hydrogen (secondary N) is 1. The molecule has 0 spiro atoms. The Morgan fingerprint density at radius 3 is 2.40 bits per heavy atom. The molecule has 1 heterocycles. The summed E-state index contributed by atoms with van der Waals surface area (Å²) in [5.74, 6) is -1.64. The summed E-state index contributed by atoms with van der Waals surface area (Å²) in [6, 6.07) is 20.5. The summed E-state index contributed by atoms with van der Waals surface area (Å²) in [5, 5.41) is 21.3. The number of carbonyl (C=O) groups excluding carboxylic acids is 1. The van der Waals surface area contributed by atoms with E-state index in [9.17, 15) is 15.3 Å². The molecule has 4 nitrogen and oxygen atoms in total. The van der Waals surface area contributed by atoms with E-state index < -0.39 is 11.7 Å². The highest BCUT2D eigenvalue weighted by Crippen LogP contribution is 2.48. The minimum atomic E-state index is -0.899. The number of rotatable bonds is 3. The minimum absolute atomic E-state index is 0.0167. The van der Waals surface area contributed by atoms with E-state index in [1.807, 2.05) is 31.2 Å². The molecule has 2 N–H and O–H groups in total. The number of hydrogen-bond acceptors (Lipinski definition) is 3. The van der Waals surface area contributed by atoms with Gasteiger partial charge in [-0.3, -0.25) is 15.1 Å². The molecule has 3 aromatic rings. The Bertz CT molecular complexity index is 1390. The summed E-state index contributed by atoms with van der Waals surface area (Å²) >= 11 is 6.05. The number of allylic oxidation sites excluding steroid dienone is 2. The van der Waals surface area contributed by atoms with Crippen molar-refractivity contribution in [1.82, 2.24) is 0 Å². The van der Waals surface area contributed by atoms with E-state index in [4.69, 9.17) is 11.6 Å². The zero-order chi connectivity index (χ0) is 24.7. The molecule has 0 saturated carbocycles. The first-order chi connectivity index (χ1) is 16.9. The highest BCUT2D eigenvalue weighted by atomic mass is 35.5. The van der Waals surface area contributed by atoms with E-state index in [0.29, 0.717) is 41.1 Å². The lowest BCUT2D eigenvalue weighted by atomic mass is 9.73. The number of carbonyl (C=O) groups is 1. The first-order valence-corrected chi connectivity index (χ1v) is 11.9. The largest absolute Gasteiger partial charge is 0.507 e. The van der Waals surface area contributed by atoms with Gasteiger partial charge in [0.05, 0.1) is 0 Å². The van der Waals surface area contributed by atoms with Gasteiger partial charge in [-0.25, -0.2) is 4.39 Å². The minimum Gasteiger partial charge on any atom is -0.507 e. The van der Waals surface area contributed by atoms with Crippen molar-refractivity contribution in [2.24, 2.45) is 0 Å². The summed E-state index contributed by atoms with van der Waals surface area (Å²) in [5.41, 5.74) is 3.80. The van der Waals surface area contributed by atoms with Crippen LogP contribution < -0.4 is 4.90 Å². The number of hydrogen-bond donors (Lipinski definition) is 2. The maximum atomic E-state index is 15.2. The molecule has 0 radical (unpaired) electrons. The van der Waals surface area contributed by atoms with Crippen LogP contribution in [0, 0.1) is 18.2 Å². The van der Waals surface area contributed by atoms with Crippen molar-refractivity contribution in [2.75, 3.05) is 4.90 Å². The second-order valence-electron chi connectivity index (χ2n) is 8.88. The van der Waals surface area contributed by atoms with Crippen molar-refractivity contribution in [1.29, 1.82) is 5.41 Å². The van der Waals surface area contributed by atoms with Crippen molar-refractivity contribution >= 4 is 34.7 Å². The fourth-order valence-electron chi connectivity index (χ4n) is 4.95. The lowest BCUT2D eigenvalue weighted by molar-refractivity contribution is -0.116. The van der Waals surface area contributed by atoms with Gasteiger partial charge in [0.2, 0.25) is 0 Å². The molecule has 0 bridgehead atoms. The second kappa shape index (κ2) is 9.16. The SMILES string of the molecule is Cc1ccc(N2C(=N)/C(=C(/O)c3ccc(Cl)cc3)C(c3ccccc3F)C3=C2CCCC3=O)cc1. The van der Waals surface area contributed by atoms with Gasteiger partial charge in [0.15, 0.2) is 5.78 Å². The van der Waals surface area contributed by atoms with Crippen LogP contribution in [-0.4, -0.2) is 16.7 Å². The Morgan fingerprint density at radius 1 is 1.03 bits per heavy atom. The summed E-state index contributed by atoms with van der Waals surface area (Å²) < 4.78 is 15.2. The van der Waals surface area contributed by atoms with E-state index in [0.717, 1.165) is 11.3 Å². The number of aryl methyl sites for hydroxylation is 1. The topological polar surface area (TPSA) is 64.4 Å². The molecule has 0 saturated heterocycles. The van der Waals surface area contributed by atoms with Crippen molar-refractivity contribution in [3.63, 3.8) is 0 Å². The average Bonchev–Trinajstić information content (AvgIpc) is 2.85. The van der Waals surface area contributed by atoms with Crippen molar-refractivity contribution in [3.8, 4) is 0 Å². The summed E-state index contributed by atoms with van der Waals surface area (Å²) in [6.07, 6.45) is 1.57. The molecule has 0 amide bonds. The predicted octanol–water partition coefficient (Wildman–Crippen LogP) is 7.34. The van der Waals surface area contributed by atoms with Gasteiger partial charge >= 0.3 is 0 Å². The van der Waals surface area contributed by atoms with E-state index in [1.165, 1.54) is 6.07 Å². The first-order valence-electron chi connectivity index (χ1n) is 11.5. The molecular weight excluding hydrogens is 463 g/mol. The van der Waals surface area contributed by atoms with Gasteiger partial charge in [-0.15, -0.1) is 0 Å². The van der Waals surface area contributed by atoms with Crippen LogP contribution in [0.2, 0.25) is 5.02 Å². The number of aliphatic hydroxyl groups excluding tert-OH is 1. The Kier molecular flexibility index (Phi) is 6.03. The van der Waals surface area contributed by atoms with E-state index in [2.05, 4.69) is 0 Å². The third-order valence-electron chi connectivity index (χ3n) is 6.64. The Morgan fingerprint density at radius 2 is 1.71 bits per heavy atom. The van der Waals surface area contributed by atoms with Crippen LogP contribution in [0.1, 0.15) is 41.9 Å². The number of aliphatic hydroxyl groups is 1. The highest BCUT2D eigenvalue weighted by molar-refractivity contribution is 6.30. The number of benzene rings is 3. The molecule has 1 aliphatic carbocycles. The highest BCUT2D eigenvalue weighted by Gasteiger charge is 2.44. The van der Waals surface area contributed by atoms with E-state index >= 15 is 4.39 Å². The van der Waals surface area contributed by atoms with Gasteiger partial charge in [-0.1, -0.05) is 47.5 Å². The number of amidine groups is 1. The number of anilines is 1. The molecule has 1 aliphatic heterocycles. The maximum Gasteiger partial charge on any atom is 0.161 e. The molecule has 2 aliphatic rings. The number of halogens is 2. The van der Waals surface area contributed by atoms with Crippen molar-refractivity contribution in [2.45, 2.75) is 32.1 Å². The van der Waals surface area contributed by atoms with Crippen LogP contribution >= 0.6 is 11.6 Å². The van der Waals surface area contributed by atoms with Crippen LogP contribution in [0.3, 0.4) is 0 Å². The molecule has 1 atom stereocenters. The maximum absolute atomic E-state index is 15.2. The van der Waals surface area contributed by atoms with Gasteiger partial charge in [-0.05, 0) is 62.2 Å². The fraction of sp³-hybridized carbons (Fsp3) is 0.172. The summed E-state index contributed by atoms with van der Waals surface area (Å²) in [7, 11) is 0. The average molecular weight is 487 g/mol. The number of Topliss-reactive ketones (excluding diaryl/α,β-unsaturated/α-hetero) is 1. The van der Waals surface area contributed by atoms with Crippen LogP contribution in [0.4, 0.5) is 10.1 Å². The molecule has 0 fully saturated rings. The van der Waals surface area contributed by atoms with Crippen molar-refractivity contribution in [3.05, 3.63) is 117 Å². The second-order valence-corrected chi connectivity index (χ2v) is 9.32. The van der Waals surface area contributed by atoms with Gasteiger partial charge < -0.3 is 5.11 Å². The molecule has 35 heavy (non-hydrogen) atoms. The first kappa shape index (κ1) is 23.1. The normalized spacial score (nSPS) is 19.6. The summed E-state index contributed by atoms with van der Waals surface area (Å²) in [4.78, 5) is 15.1. The zero-order valence-corrected chi connectivity index (χ0v) is 19.9. The van der Waals surface area contributed by atoms with Crippen LogP contribution in [0.15, 0.2) is 89.6 Å². The van der Waals surface area contributed by atoms with E-state index in [1.54, 1.807) is 47.4 Å². The van der Waals surface area contributed by atoms with Gasteiger partial charge in [0.1, 0.15) is 17.4 Å². The Balaban J connectivity index is 1.84. The zero-order valence-electron chi connectivity index (χ0n) is 19.2. The lowest BCUT2D eigenvalue weighted by Crippen LogP contribution is -2.42. The Hall–Kier alpha value is -3.70. The molecule has 1 unspecified atom stereocenters. The quantitative estimate of drug-likeness (QED) is 0.380. The van der Waals surface area contributed by atoms with E-state index in [-0.39, 0.29) is 28.5 Å². The molecule has 3 aromatic carbocycles. The molecule has 176 valence electrons. The third-order valence-corrected chi connectivity index (χ3v) is 6.89. The number of ketones is 1. The number of nitrogens with zero attached hydrogens (tertiary/aromatic N) is 1. The van der Waals surface area contributed by atoms with Crippen molar-refractivity contribution < 1.29 is 14.3 Å². The van der Waals surface area contributed by atoms with Crippen LogP contribution in [-0.2, 0) is 4.79 Å². The molecule has 0 aromatic heterocycles. The molecule has 6 heteroatoms. The monoisotopic (exact) mass is 486 g/mol. The standard InChI is InChI=1S/C29H24ClFN2O2/c1-17-9-15-20(16-10-17)33-23-7-4-8-24(34)26(23)25(21-5-2-3-6-22(21)31)27(29(33)32)28(35)18-11-13-19(30)14-12-18/h2-3,5-6,9-16,25,32,35H,4,7-8H2,1H3/b28-27+,32-29?. The lowest BCUT2D eigenvalue weighted by Gasteiger charge is -2.41. The Labute approximate surface area is 208 Å². The predicted molar refractivity (Wildman–Crippen MR) is 137 cm³/mol. The van der Waals surface area contributed by atoms with Gasteiger partial charge in [-0.2, -0.15) is 0 Å². The van der Waals surface area contributed by atoms with Gasteiger partial charge in [0, 0.05) is 51.0 Å². The molecule has 5 rings (SSSR count). The van der Waals surface area contributed by atoms with Crippen LogP contribution in [0.5, 0.6) is 0 Å². The summed E-state index contributed by atoms with van der Waals surface area (Å²) in [6.45, 7) is 1.98. The smallest absolute Gasteiger partial charge is 0.161 e. The third kappa shape index (κ3) is 4.06.